The second-order valence-electron chi connectivity index (χ2n) is 5.99. The maximum atomic E-state index is 13.4. The van der Waals surface area contributed by atoms with Crippen molar-refractivity contribution < 1.29 is 8.78 Å². The summed E-state index contributed by atoms with van der Waals surface area (Å²) in [6.07, 6.45) is 0.933. The highest BCUT2D eigenvalue weighted by atomic mass is 19.1. The first-order valence-corrected chi connectivity index (χ1v) is 7.47. The van der Waals surface area contributed by atoms with E-state index in [4.69, 9.17) is 0 Å². The molecule has 0 fully saturated rings. The molecule has 0 radical (unpaired) electrons. The van der Waals surface area contributed by atoms with Crippen LogP contribution in [0.3, 0.4) is 0 Å². The minimum atomic E-state index is -0.656. The van der Waals surface area contributed by atoms with E-state index in [2.05, 4.69) is 10.3 Å². The Balaban J connectivity index is 2.02. The van der Waals surface area contributed by atoms with E-state index < -0.39 is 17.3 Å². The van der Waals surface area contributed by atoms with Crippen LogP contribution in [0.2, 0.25) is 0 Å². The lowest BCUT2D eigenvalue weighted by Crippen LogP contribution is -2.41. The van der Waals surface area contributed by atoms with Gasteiger partial charge in [0.25, 0.3) is 5.56 Å². The predicted octanol–water partition coefficient (Wildman–Crippen LogP) is 2.50. The highest BCUT2D eigenvalue weighted by Gasteiger charge is 2.25. The van der Waals surface area contributed by atoms with Gasteiger partial charge in [-0.3, -0.25) is 14.3 Å². The number of halogens is 2. The smallest absolute Gasteiger partial charge is 0.330 e. The molecule has 1 atom stereocenters. The highest BCUT2D eigenvalue weighted by molar-refractivity contribution is 5.48. The van der Waals surface area contributed by atoms with Crippen molar-refractivity contribution in [3.63, 3.8) is 0 Å². The summed E-state index contributed by atoms with van der Waals surface area (Å²) in [4.78, 5) is 27.1. The Morgan fingerprint density at radius 1 is 1.17 bits per heavy atom. The lowest BCUT2D eigenvalue weighted by atomic mass is 9.95. The zero-order valence-corrected chi connectivity index (χ0v) is 12.8. The third kappa shape index (κ3) is 2.78. The number of rotatable bonds is 2. The van der Waals surface area contributed by atoms with Gasteiger partial charge < -0.3 is 5.32 Å². The van der Waals surface area contributed by atoms with Gasteiger partial charge in [0.2, 0.25) is 0 Å². The van der Waals surface area contributed by atoms with Crippen molar-refractivity contribution in [3.8, 4) is 0 Å². The van der Waals surface area contributed by atoms with Gasteiger partial charge in [-0.05, 0) is 44.4 Å². The van der Waals surface area contributed by atoms with Gasteiger partial charge in [-0.1, -0.05) is 0 Å². The molecule has 122 valence electrons. The number of fused-ring (bicyclic) bond motifs is 1. The molecule has 5 nitrogen and oxygen atoms in total. The molecule has 1 aromatic carbocycles. The van der Waals surface area contributed by atoms with Crippen molar-refractivity contribution in [2.75, 3.05) is 5.32 Å². The van der Waals surface area contributed by atoms with Gasteiger partial charge in [0.05, 0.1) is 11.6 Å². The maximum absolute atomic E-state index is 13.4. The van der Waals surface area contributed by atoms with E-state index in [0.717, 1.165) is 6.07 Å². The van der Waals surface area contributed by atoms with E-state index in [1.54, 1.807) is 13.8 Å². The number of nitrogens with zero attached hydrogens (tertiary/aromatic N) is 1. The molecule has 1 aliphatic rings. The number of H-pyrrole nitrogens is 1. The minimum absolute atomic E-state index is 0.244. The van der Waals surface area contributed by atoms with Crippen molar-refractivity contribution >= 4 is 5.82 Å². The number of hydrogen-bond acceptors (Lipinski definition) is 3. The van der Waals surface area contributed by atoms with Crippen LogP contribution in [-0.2, 0) is 6.42 Å². The van der Waals surface area contributed by atoms with E-state index >= 15 is 0 Å². The first-order chi connectivity index (χ1) is 10.9. The SMILES string of the molecule is CC(C)n1c(=O)[nH]c2c(c1=O)CC[C@H](c1cc(F)cc(F)c1)N2. The molecular weight excluding hydrogens is 304 g/mol. The van der Waals surface area contributed by atoms with Crippen LogP contribution in [0.15, 0.2) is 27.8 Å². The summed E-state index contributed by atoms with van der Waals surface area (Å²) in [5.41, 5.74) is 0.117. The molecule has 7 heteroatoms. The fourth-order valence-corrected chi connectivity index (χ4v) is 2.97. The molecule has 1 aromatic heterocycles. The van der Waals surface area contributed by atoms with Gasteiger partial charge >= 0.3 is 5.69 Å². The van der Waals surface area contributed by atoms with Crippen molar-refractivity contribution in [1.29, 1.82) is 0 Å². The monoisotopic (exact) mass is 321 g/mol. The van der Waals surface area contributed by atoms with E-state index in [0.29, 0.717) is 29.8 Å². The lowest BCUT2D eigenvalue weighted by Gasteiger charge is -2.27. The predicted molar refractivity (Wildman–Crippen MR) is 82.8 cm³/mol. The molecule has 0 saturated carbocycles. The van der Waals surface area contributed by atoms with Crippen LogP contribution in [0.1, 0.15) is 43.5 Å². The Morgan fingerprint density at radius 3 is 2.43 bits per heavy atom. The van der Waals surface area contributed by atoms with Gasteiger partial charge in [0.15, 0.2) is 0 Å². The van der Waals surface area contributed by atoms with E-state index in [9.17, 15) is 18.4 Å². The topological polar surface area (TPSA) is 66.9 Å². The number of aromatic nitrogens is 2. The zero-order valence-electron chi connectivity index (χ0n) is 12.8. The molecule has 3 rings (SSSR count). The molecule has 0 bridgehead atoms. The summed E-state index contributed by atoms with van der Waals surface area (Å²) in [6, 6.07) is 2.70. The van der Waals surface area contributed by atoms with E-state index in [1.165, 1.54) is 16.7 Å². The molecule has 0 saturated heterocycles. The number of nitrogens with one attached hydrogen (secondary N) is 2. The quantitative estimate of drug-likeness (QED) is 0.893. The van der Waals surface area contributed by atoms with Gasteiger partial charge in [0, 0.05) is 12.1 Å². The lowest BCUT2D eigenvalue weighted by molar-refractivity contribution is 0.528. The van der Waals surface area contributed by atoms with Crippen LogP contribution < -0.4 is 16.6 Å². The third-order valence-corrected chi connectivity index (χ3v) is 4.03. The molecule has 0 unspecified atom stereocenters. The van der Waals surface area contributed by atoms with Crippen LogP contribution in [0.4, 0.5) is 14.6 Å². The Bertz CT molecular complexity index is 850. The minimum Gasteiger partial charge on any atom is -0.364 e. The number of benzene rings is 1. The Morgan fingerprint density at radius 2 is 1.83 bits per heavy atom. The maximum Gasteiger partial charge on any atom is 0.330 e. The van der Waals surface area contributed by atoms with Crippen molar-refractivity contribution in [1.82, 2.24) is 9.55 Å². The molecule has 23 heavy (non-hydrogen) atoms. The molecule has 0 amide bonds. The Hall–Kier alpha value is -2.44. The zero-order chi connectivity index (χ0) is 16.7. The Labute approximate surface area is 131 Å². The number of aromatic amines is 1. The molecular formula is C16H17F2N3O2. The van der Waals surface area contributed by atoms with Gasteiger partial charge in [-0.15, -0.1) is 0 Å². The van der Waals surface area contributed by atoms with Crippen LogP contribution in [-0.4, -0.2) is 9.55 Å². The summed E-state index contributed by atoms with van der Waals surface area (Å²) in [7, 11) is 0. The molecule has 2 heterocycles. The van der Waals surface area contributed by atoms with Crippen LogP contribution >= 0.6 is 0 Å². The van der Waals surface area contributed by atoms with Crippen LogP contribution in [0.5, 0.6) is 0 Å². The normalized spacial score (nSPS) is 17.0. The first-order valence-electron chi connectivity index (χ1n) is 7.47. The molecule has 0 aliphatic carbocycles. The first kappa shape index (κ1) is 15.5. The molecule has 0 spiro atoms. The molecule has 2 N–H and O–H groups in total. The summed E-state index contributed by atoms with van der Waals surface area (Å²) in [5.74, 6) is -0.981. The average molecular weight is 321 g/mol. The van der Waals surface area contributed by atoms with E-state index in [-0.39, 0.29) is 17.6 Å². The number of anilines is 1. The van der Waals surface area contributed by atoms with Gasteiger partial charge in [0.1, 0.15) is 17.5 Å². The highest BCUT2D eigenvalue weighted by Crippen LogP contribution is 2.30. The third-order valence-electron chi connectivity index (χ3n) is 4.03. The largest absolute Gasteiger partial charge is 0.364 e. The van der Waals surface area contributed by atoms with Crippen molar-refractivity contribution in [2.45, 2.75) is 38.8 Å². The standard InChI is InChI=1S/C16H17F2N3O2/c1-8(2)21-15(22)12-3-4-13(19-14(12)20-16(21)23)9-5-10(17)7-11(18)6-9/h5-8,13,19H,3-4H2,1-2H3,(H,20,23)/t13-/m1/s1. The molecule has 2 aromatic rings. The average Bonchev–Trinajstić information content (AvgIpc) is 2.45. The van der Waals surface area contributed by atoms with Crippen LogP contribution in [0, 0.1) is 11.6 Å². The van der Waals surface area contributed by atoms with E-state index in [1.807, 2.05) is 0 Å². The van der Waals surface area contributed by atoms with Crippen molar-refractivity contribution in [2.24, 2.45) is 0 Å². The summed E-state index contributed by atoms with van der Waals surface area (Å²) in [5, 5.41) is 3.01. The van der Waals surface area contributed by atoms with Crippen LogP contribution in [0.25, 0.3) is 0 Å². The fraction of sp³-hybridized carbons (Fsp3) is 0.375. The summed E-state index contributed by atoms with van der Waals surface area (Å²) < 4.78 is 27.9. The molecule has 1 aliphatic heterocycles. The second kappa shape index (κ2) is 5.64. The second-order valence-corrected chi connectivity index (χ2v) is 5.99. The summed E-state index contributed by atoms with van der Waals surface area (Å²) in [6.45, 7) is 3.52. The summed E-state index contributed by atoms with van der Waals surface area (Å²) >= 11 is 0. The fourth-order valence-electron chi connectivity index (χ4n) is 2.97. The van der Waals surface area contributed by atoms with Gasteiger partial charge in [-0.2, -0.15) is 0 Å². The number of hydrogen-bond donors (Lipinski definition) is 2. The Kier molecular flexibility index (Phi) is 3.79. The van der Waals surface area contributed by atoms with Gasteiger partial charge in [-0.25, -0.2) is 13.6 Å². The van der Waals surface area contributed by atoms with Crippen molar-refractivity contribution in [3.05, 3.63) is 61.8 Å².